The molecule has 2 fully saturated rings. The van der Waals surface area contributed by atoms with Gasteiger partial charge in [0, 0.05) is 38.8 Å². The maximum Gasteiger partial charge on any atom is 0.234 e. The van der Waals surface area contributed by atoms with Crippen molar-refractivity contribution >= 4 is 35.8 Å². The molecule has 0 aromatic carbocycles. The van der Waals surface area contributed by atoms with E-state index in [-0.39, 0.29) is 29.9 Å². The molecule has 31 heavy (non-hydrogen) atoms. The van der Waals surface area contributed by atoms with E-state index in [1.807, 2.05) is 18.5 Å². The normalized spacial score (nSPS) is 18.6. The number of nitrogens with zero attached hydrogens (tertiary/aromatic N) is 5. The molecule has 1 aromatic heterocycles. The van der Waals surface area contributed by atoms with Crippen LogP contribution in [0.3, 0.4) is 0 Å². The van der Waals surface area contributed by atoms with E-state index in [9.17, 15) is 4.79 Å². The standard InChI is InChI=1S/C21H38N8O.HI/c1-4-11-22-20(30)15-29-12-9-18(10-13-29)25-21(24-17-7-5-6-8-17)23-14-19-27-26-16(2)28(19)3;/h17-18H,4-15H2,1-3H3,(H,22,30)(H2,23,24,25);1H. The minimum atomic E-state index is 0. The Morgan fingerprint density at radius 3 is 2.32 bits per heavy atom. The van der Waals surface area contributed by atoms with Gasteiger partial charge in [-0.2, -0.15) is 0 Å². The molecule has 1 aliphatic heterocycles. The van der Waals surface area contributed by atoms with Crippen LogP contribution in [-0.2, 0) is 18.4 Å². The molecule has 10 heteroatoms. The van der Waals surface area contributed by atoms with E-state index in [2.05, 4.69) is 38.0 Å². The topological polar surface area (TPSA) is 99.5 Å². The lowest BCUT2D eigenvalue weighted by atomic mass is 10.1. The Labute approximate surface area is 203 Å². The molecule has 1 aromatic rings. The molecule has 3 rings (SSSR count). The first kappa shape index (κ1) is 25.8. The zero-order valence-corrected chi connectivity index (χ0v) is 21.5. The van der Waals surface area contributed by atoms with Crippen LogP contribution in [0.25, 0.3) is 0 Å². The maximum absolute atomic E-state index is 12.0. The molecule has 9 nitrogen and oxygen atoms in total. The molecule has 1 saturated carbocycles. The Hall–Kier alpha value is -1.43. The zero-order chi connectivity index (χ0) is 21.3. The monoisotopic (exact) mass is 546 g/mol. The Bertz CT molecular complexity index is 708. The number of aromatic nitrogens is 3. The number of piperidine rings is 1. The highest BCUT2D eigenvalue weighted by atomic mass is 127. The third-order valence-corrected chi connectivity index (χ3v) is 6.13. The van der Waals surface area contributed by atoms with Crippen molar-refractivity contribution in [2.45, 2.75) is 77.4 Å². The summed E-state index contributed by atoms with van der Waals surface area (Å²) in [5, 5.41) is 18.6. The molecular formula is C21H39IN8O. The quantitative estimate of drug-likeness (QED) is 0.261. The molecular weight excluding hydrogens is 507 g/mol. The van der Waals surface area contributed by atoms with Gasteiger partial charge in [0.15, 0.2) is 11.8 Å². The van der Waals surface area contributed by atoms with E-state index in [1.54, 1.807) is 0 Å². The van der Waals surface area contributed by atoms with Crippen molar-refractivity contribution in [1.82, 2.24) is 35.6 Å². The molecule has 1 saturated heterocycles. The molecule has 2 aliphatic rings. The molecule has 0 radical (unpaired) electrons. The van der Waals surface area contributed by atoms with Crippen molar-refractivity contribution in [1.29, 1.82) is 0 Å². The Morgan fingerprint density at radius 1 is 1.10 bits per heavy atom. The number of amides is 1. The molecule has 1 aliphatic carbocycles. The van der Waals surface area contributed by atoms with Crippen LogP contribution in [-0.4, -0.2) is 69.8 Å². The van der Waals surface area contributed by atoms with Crippen LogP contribution >= 0.6 is 24.0 Å². The van der Waals surface area contributed by atoms with E-state index in [1.165, 1.54) is 25.7 Å². The summed E-state index contributed by atoms with van der Waals surface area (Å²) in [6.07, 6.45) is 7.97. The summed E-state index contributed by atoms with van der Waals surface area (Å²) in [6.45, 7) is 7.64. The van der Waals surface area contributed by atoms with Gasteiger partial charge < -0.3 is 20.5 Å². The SMILES string of the molecule is CCCNC(=O)CN1CCC(NC(=NCc2nnc(C)n2C)NC2CCCC2)CC1.I. The van der Waals surface area contributed by atoms with Crippen molar-refractivity contribution in [2.24, 2.45) is 12.0 Å². The van der Waals surface area contributed by atoms with Gasteiger partial charge in [0.1, 0.15) is 12.4 Å². The summed E-state index contributed by atoms with van der Waals surface area (Å²) >= 11 is 0. The number of hydrogen-bond acceptors (Lipinski definition) is 5. The number of aliphatic imine (C=N–C) groups is 1. The highest BCUT2D eigenvalue weighted by Gasteiger charge is 2.23. The Morgan fingerprint density at radius 2 is 1.74 bits per heavy atom. The zero-order valence-electron chi connectivity index (χ0n) is 19.2. The van der Waals surface area contributed by atoms with Gasteiger partial charge in [0.2, 0.25) is 5.91 Å². The number of rotatable bonds is 8. The second-order valence-corrected chi connectivity index (χ2v) is 8.56. The number of aryl methyl sites for hydroxylation is 1. The highest BCUT2D eigenvalue weighted by molar-refractivity contribution is 14.0. The molecule has 0 unspecified atom stereocenters. The summed E-state index contributed by atoms with van der Waals surface area (Å²) in [4.78, 5) is 19.0. The molecule has 2 heterocycles. The van der Waals surface area contributed by atoms with Crippen molar-refractivity contribution in [3.8, 4) is 0 Å². The molecule has 1 amide bonds. The minimum absolute atomic E-state index is 0. The van der Waals surface area contributed by atoms with Gasteiger partial charge >= 0.3 is 0 Å². The van der Waals surface area contributed by atoms with Crippen LogP contribution in [0.2, 0.25) is 0 Å². The second-order valence-electron chi connectivity index (χ2n) is 8.56. The molecule has 0 bridgehead atoms. The number of carbonyl (C=O) groups is 1. The lowest BCUT2D eigenvalue weighted by Gasteiger charge is -2.33. The average molecular weight is 547 g/mol. The number of guanidine groups is 1. The first-order valence-electron chi connectivity index (χ1n) is 11.5. The highest BCUT2D eigenvalue weighted by Crippen LogP contribution is 2.18. The summed E-state index contributed by atoms with van der Waals surface area (Å²) in [5.41, 5.74) is 0. The maximum atomic E-state index is 12.0. The fraction of sp³-hybridized carbons (Fsp3) is 0.810. The smallest absolute Gasteiger partial charge is 0.234 e. The van der Waals surface area contributed by atoms with Crippen molar-refractivity contribution in [3.63, 3.8) is 0 Å². The van der Waals surface area contributed by atoms with Crippen LogP contribution in [0.15, 0.2) is 4.99 Å². The predicted molar refractivity (Wildman–Crippen MR) is 134 cm³/mol. The van der Waals surface area contributed by atoms with Gasteiger partial charge in [0.25, 0.3) is 0 Å². The van der Waals surface area contributed by atoms with E-state index in [0.29, 0.717) is 25.2 Å². The number of carbonyl (C=O) groups excluding carboxylic acids is 1. The first-order chi connectivity index (χ1) is 14.5. The predicted octanol–water partition coefficient (Wildman–Crippen LogP) is 1.71. The van der Waals surface area contributed by atoms with E-state index < -0.39 is 0 Å². The van der Waals surface area contributed by atoms with Gasteiger partial charge in [0.05, 0.1) is 6.54 Å². The fourth-order valence-electron chi connectivity index (χ4n) is 4.09. The lowest BCUT2D eigenvalue weighted by Crippen LogP contribution is -2.51. The number of nitrogens with one attached hydrogen (secondary N) is 3. The Kier molecular flexibility index (Phi) is 11.0. The largest absolute Gasteiger partial charge is 0.355 e. The van der Waals surface area contributed by atoms with Crippen LogP contribution in [0, 0.1) is 6.92 Å². The first-order valence-corrected chi connectivity index (χ1v) is 11.5. The number of halogens is 1. The van der Waals surface area contributed by atoms with E-state index >= 15 is 0 Å². The van der Waals surface area contributed by atoms with Gasteiger partial charge in [-0.3, -0.25) is 9.69 Å². The molecule has 0 spiro atoms. The van der Waals surface area contributed by atoms with Crippen LogP contribution in [0.4, 0.5) is 0 Å². The molecule has 3 N–H and O–H groups in total. The van der Waals surface area contributed by atoms with Crippen LogP contribution < -0.4 is 16.0 Å². The molecule has 0 atom stereocenters. The average Bonchev–Trinajstić information content (AvgIpc) is 3.36. The van der Waals surface area contributed by atoms with Crippen LogP contribution in [0.5, 0.6) is 0 Å². The van der Waals surface area contributed by atoms with Gasteiger partial charge in [-0.15, -0.1) is 34.2 Å². The summed E-state index contributed by atoms with van der Waals surface area (Å²) in [7, 11) is 1.98. The van der Waals surface area contributed by atoms with Gasteiger partial charge in [-0.25, -0.2) is 4.99 Å². The fourth-order valence-corrected chi connectivity index (χ4v) is 4.09. The van der Waals surface area contributed by atoms with E-state index in [0.717, 1.165) is 56.5 Å². The summed E-state index contributed by atoms with van der Waals surface area (Å²) in [5.74, 6) is 2.77. The molecule has 176 valence electrons. The van der Waals surface area contributed by atoms with E-state index in [4.69, 9.17) is 4.99 Å². The third kappa shape index (κ3) is 8.21. The second kappa shape index (κ2) is 13.2. The Balaban J connectivity index is 0.00000341. The van der Waals surface area contributed by atoms with Crippen molar-refractivity contribution in [3.05, 3.63) is 11.6 Å². The minimum Gasteiger partial charge on any atom is -0.355 e. The van der Waals surface area contributed by atoms with Crippen molar-refractivity contribution in [2.75, 3.05) is 26.2 Å². The summed E-state index contributed by atoms with van der Waals surface area (Å²) < 4.78 is 1.98. The lowest BCUT2D eigenvalue weighted by molar-refractivity contribution is -0.122. The van der Waals surface area contributed by atoms with Gasteiger partial charge in [-0.05, 0) is 39.0 Å². The third-order valence-electron chi connectivity index (χ3n) is 6.13. The summed E-state index contributed by atoms with van der Waals surface area (Å²) in [6, 6.07) is 0.869. The van der Waals surface area contributed by atoms with Crippen molar-refractivity contribution < 1.29 is 4.79 Å². The van der Waals surface area contributed by atoms with Gasteiger partial charge in [-0.1, -0.05) is 19.8 Å². The number of likely N-dealkylation sites (tertiary alicyclic amines) is 1. The van der Waals surface area contributed by atoms with Crippen LogP contribution in [0.1, 0.15) is 63.5 Å². The number of hydrogen-bond donors (Lipinski definition) is 3.